The van der Waals surface area contributed by atoms with E-state index >= 15 is 0 Å². The van der Waals surface area contributed by atoms with Gasteiger partial charge in [-0.3, -0.25) is 0 Å². The molecule has 0 aliphatic carbocycles. The molecule has 0 atom stereocenters. The van der Waals surface area contributed by atoms with E-state index in [2.05, 4.69) is 64.6 Å². The van der Waals surface area contributed by atoms with E-state index in [9.17, 15) is 0 Å². The van der Waals surface area contributed by atoms with Crippen molar-refractivity contribution in [2.45, 2.75) is 39.9 Å². The first kappa shape index (κ1) is 14.3. The molecule has 1 aromatic carbocycles. The topological polar surface area (TPSA) is 29.9 Å². The van der Waals surface area contributed by atoms with Gasteiger partial charge in [-0.1, -0.05) is 32.0 Å². The summed E-state index contributed by atoms with van der Waals surface area (Å²) < 4.78 is 2.31. The lowest BCUT2D eigenvalue weighted by Gasteiger charge is -2.12. The van der Waals surface area contributed by atoms with Gasteiger partial charge in [0.05, 0.1) is 12.1 Å². The molecule has 0 bridgehead atoms. The third-order valence-corrected chi connectivity index (χ3v) is 4.50. The highest BCUT2D eigenvalue weighted by Crippen LogP contribution is 2.22. The third-order valence-electron chi connectivity index (χ3n) is 3.54. The lowest BCUT2D eigenvalue weighted by molar-refractivity contribution is 0.589. The molecule has 0 saturated carbocycles. The Morgan fingerprint density at radius 3 is 2.86 bits per heavy atom. The van der Waals surface area contributed by atoms with Crippen molar-refractivity contribution in [3.63, 3.8) is 0 Å². The van der Waals surface area contributed by atoms with E-state index in [-0.39, 0.29) is 0 Å². The molecule has 2 heterocycles. The first-order chi connectivity index (χ1) is 10.1. The number of rotatable bonds is 5. The number of aromatic nitrogens is 2. The summed E-state index contributed by atoms with van der Waals surface area (Å²) in [5.74, 6) is 0. The summed E-state index contributed by atoms with van der Waals surface area (Å²) >= 11 is 1.73. The Hall–Kier alpha value is -1.65. The van der Waals surface area contributed by atoms with Crippen LogP contribution in [-0.2, 0) is 13.1 Å². The molecule has 4 heteroatoms. The van der Waals surface area contributed by atoms with Crippen molar-refractivity contribution in [3.8, 4) is 0 Å². The van der Waals surface area contributed by atoms with Gasteiger partial charge in [-0.25, -0.2) is 4.98 Å². The van der Waals surface area contributed by atoms with Gasteiger partial charge in [-0.2, -0.15) is 0 Å². The third kappa shape index (κ3) is 3.17. The van der Waals surface area contributed by atoms with Gasteiger partial charge < -0.3 is 9.88 Å². The SMILES string of the molecule is Cc1csc(Cn2ccc3cccc(CNC(C)C)c32)n1. The van der Waals surface area contributed by atoms with Gasteiger partial charge in [0.2, 0.25) is 0 Å². The van der Waals surface area contributed by atoms with Crippen molar-refractivity contribution >= 4 is 22.2 Å². The van der Waals surface area contributed by atoms with Crippen molar-refractivity contribution in [3.05, 3.63) is 52.1 Å². The molecule has 21 heavy (non-hydrogen) atoms. The maximum atomic E-state index is 4.58. The molecule has 3 nitrogen and oxygen atoms in total. The standard InChI is InChI=1S/C17H21N3S/c1-12(2)18-9-15-6-4-5-14-7-8-20(17(14)15)10-16-19-13(3)11-21-16/h4-8,11-12,18H,9-10H2,1-3H3. The van der Waals surface area contributed by atoms with Crippen molar-refractivity contribution in [1.29, 1.82) is 0 Å². The van der Waals surface area contributed by atoms with E-state index in [0.717, 1.165) is 23.8 Å². The van der Waals surface area contributed by atoms with Crippen LogP contribution in [0.5, 0.6) is 0 Å². The van der Waals surface area contributed by atoms with Gasteiger partial charge in [0.15, 0.2) is 0 Å². The Kier molecular flexibility index (Phi) is 4.08. The van der Waals surface area contributed by atoms with Gasteiger partial charge in [-0.05, 0) is 23.9 Å². The molecule has 0 unspecified atom stereocenters. The zero-order valence-electron chi connectivity index (χ0n) is 12.8. The summed E-state index contributed by atoms with van der Waals surface area (Å²) in [5.41, 5.74) is 3.77. The molecule has 1 N–H and O–H groups in total. The molecule has 3 rings (SSSR count). The summed E-state index contributed by atoms with van der Waals surface area (Å²) in [6.45, 7) is 8.15. The highest BCUT2D eigenvalue weighted by Gasteiger charge is 2.09. The van der Waals surface area contributed by atoms with Gasteiger partial charge in [0.1, 0.15) is 5.01 Å². The molecular formula is C17H21N3S. The largest absolute Gasteiger partial charge is 0.340 e. The fourth-order valence-electron chi connectivity index (χ4n) is 2.55. The highest BCUT2D eigenvalue weighted by atomic mass is 32.1. The normalized spacial score (nSPS) is 11.6. The lowest BCUT2D eigenvalue weighted by Crippen LogP contribution is -2.22. The minimum Gasteiger partial charge on any atom is -0.340 e. The molecular weight excluding hydrogens is 278 g/mol. The molecule has 2 aromatic heterocycles. The van der Waals surface area contributed by atoms with Gasteiger partial charge in [0.25, 0.3) is 0 Å². The van der Waals surface area contributed by atoms with Gasteiger partial charge in [-0.15, -0.1) is 11.3 Å². The van der Waals surface area contributed by atoms with E-state index < -0.39 is 0 Å². The van der Waals surface area contributed by atoms with Crippen molar-refractivity contribution in [2.75, 3.05) is 0 Å². The summed E-state index contributed by atoms with van der Waals surface area (Å²) in [6, 6.07) is 9.20. The predicted molar refractivity (Wildman–Crippen MR) is 89.9 cm³/mol. The van der Waals surface area contributed by atoms with E-state index in [4.69, 9.17) is 0 Å². The second-order valence-corrected chi connectivity index (χ2v) is 6.66. The van der Waals surface area contributed by atoms with E-state index in [1.165, 1.54) is 16.5 Å². The average molecular weight is 299 g/mol. The summed E-state index contributed by atoms with van der Waals surface area (Å²) in [5, 5.41) is 8.09. The maximum Gasteiger partial charge on any atom is 0.113 e. The molecule has 0 aliphatic rings. The summed E-state index contributed by atoms with van der Waals surface area (Å²) in [6.07, 6.45) is 2.17. The fraction of sp³-hybridized carbons (Fsp3) is 0.353. The molecule has 0 radical (unpaired) electrons. The van der Waals surface area contributed by atoms with E-state index in [1.807, 2.05) is 6.92 Å². The number of para-hydroxylation sites is 1. The maximum absolute atomic E-state index is 4.58. The molecule has 0 fully saturated rings. The van der Waals surface area contributed by atoms with Crippen LogP contribution in [0.25, 0.3) is 10.9 Å². The van der Waals surface area contributed by atoms with E-state index in [1.54, 1.807) is 11.3 Å². The number of nitrogens with zero attached hydrogens (tertiary/aromatic N) is 2. The predicted octanol–water partition coefficient (Wildman–Crippen LogP) is 3.95. The number of nitrogens with one attached hydrogen (secondary N) is 1. The smallest absolute Gasteiger partial charge is 0.113 e. The molecule has 110 valence electrons. The minimum absolute atomic E-state index is 0.491. The van der Waals surface area contributed by atoms with Crippen LogP contribution in [0.3, 0.4) is 0 Å². The van der Waals surface area contributed by atoms with Crippen molar-refractivity contribution < 1.29 is 0 Å². The van der Waals surface area contributed by atoms with Crippen LogP contribution in [0, 0.1) is 6.92 Å². The van der Waals surface area contributed by atoms with Crippen molar-refractivity contribution in [1.82, 2.24) is 14.9 Å². The number of thiazole rings is 1. The van der Waals surface area contributed by atoms with Crippen LogP contribution in [0.2, 0.25) is 0 Å². The first-order valence-electron chi connectivity index (χ1n) is 7.34. The Morgan fingerprint density at radius 1 is 1.29 bits per heavy atom. The molecule has 0 aliphatic heterocycles. The number of aryl methyl sites for hydroxylation is 1. The number of fused-ring (bicyclic) bond motifs is 1. The van der Waals surface area contributed by atoms with Crippen LogP contribution in [-0.4, -0.2) is 15.6 Å². The first-order valence-corrected chi connectivity index (χ1v) is 8.22. The zero-order chi connectivity index (χ0) is 14.8. The fourth-order valence-corrected chi connectivity index (χ4v) is 3.32. The lowest BCUT2D eigenvalue weighted by atomic mass is 10.1. The molecule has 0 spiro atoms. The van der Waals surface area contributed by atoms with Crippen LogP contribution >= 0.6 is 11.3 Å². The summed E-state index contributed by atoms with van der Waals surface area (Å²) in [7, 11) is 0. The number of hydrogen-bond acceptors (Lipinski definition) is 3. The monoisotopic (exact) mass is 299 g/mol. The Labute approximate surface area is 129 Å². The van der Waals surface area contributed by atoms with E-state index in [0.29, 0.717) is 6.04 Å². The Bertz CT molecular complexity index is 739. The quantitative estimate of drug-likeness (QED) is 0.773. The van der Waals surface area contributed by atoms with Crippen LogP contribution in [0.4, 0.5) is 0 Å². The van der Waals surface area contributed by atoms with Gasteiger partial charge >= 0.3 is 0 Å². The zero-order valence-corrected chi connectivity index (χ0v) is 13.6. The molecule has 0 amide bonds. The Morgan fingerprint density at radius 2 is 2.14 bits per heavy atom. The number of benzene rings is 1. The molecule has 0 saturated heterocycles. The van der Waals surface area contributed by atoms with Crippen LogP contribution in [0.15, 0.2) is 35.8 Å². The number of hydrogen-bond donors (Lipinski definition) is 1. The minimum atomic E-state index is 0.491. The second-order valence-electron chi connectivity index (χ2n) is 5.72. The average Bonchev–Trinajstić information content (AvgIpc) is 3.04. The van der Waals surface area contributed by atoms with Crippen molar-refractivity contribution in [2.24, 2.45) is 0 Å². The highest BCUT2D eigenvalue weighted by molar-refractivity contribution is 7.09. The van der Waals surface area contributed by atoms with Crippen LogP contribution in [0.1, 0.15) is 30.1 Å². The molecule has 3 aromatic rings. The van der Waals surface area contributed by atoms with Gasteiger partial charge in [0, 0.05) is 29.9 Å². The Balaban J connectivity index is 1.95. The summed E-state index contributed by atoms with van der Waals surface area (Å²) in [4.78, 5) is 4.58. The van der Waals surface area contributed by atoms with Crippen LogP contribution < -0.4 is 5.32 Å². The second kappa shape index (κ2) is 6.00.